The molecule has 2 heterocycles. The van der Waals surface area contributed by atoms with Gasteiger partial charge in [-0.2, -0.15) is 5.26 Å². The number of fused-ring (bicyclic) bond motifs is 1. The fourth-order valence-corrected chi connectivity index (χ4v) is 4.28. The number of thiophene rings is 1. The van der Waals surface area contributed by atoms with Crippen LogP contribution in [0.3, 0.4) is 0 Å². The molecule has 2 aromatic rings. The first-order valence-corrected chi connectivity index (χ1v) is 9.02. The number of nitriles is 1. The van der Waals surface area contributed by atoms with Crippen molar-refractivity contribution in [3.63, 3.8) is 0 Å². The second-order valence-electron chi connectivity index (χ2n) is 6.01. The van der Waals surface area contributed by atoms with Crippen LogP contribution < -0.4 is 0 Å². The monoisotopic (exact) mass is 354 g/mol. The van der Waals surface area contributed by atoms with Gasteiger partial charge in [0.05, 0.1) is 6.04 Å². The average molecular weight is 354 g/mol. The summed E-state index contributed by atoms with van der Waals surface area (Å²) in [7, 11) is 0. The molecule has 5 nitrogen and oxygen atoms in total. The van der Waals surface area contributed by atoms with Crippen LogP contribution in [0.15, 0.2) is 36.4 Å². The van der Waals surface area contributed by atoms with Crippen molar-refractivity contribution in [1.29, 1.82) is 5.26 Å². The lowest BCUT2D eigenvalue weighted by Crippen LogP contribution is -2.45. The van der Waals surface area contributed by atoms with Gasteiger partial charge in [0.25, 0.3) is 5.91 Å². The summed E-state index contributed by atoms with van der Waals surface area (Å²) in [5.74, 6) is -1.94. The van der Waals surface area contributed by atoms with Gasteiger partial charge in [-0.1, -0.05) is 31.5 Å². The van der Waals surface area contributed by atoms with Crippen LogP contribution in [0.25, 0.3) is 0 Å². The van der Waals surface area contributed by atoms with Crippen LogP contribution in [0.4, 0.5) is 0 Å². The van der Waals surface area contributed by atoms with E-state index in [1.165, 1.54) is 11.3 Å². The molecule has 1 aliphatic heterocycles. The van der Waals surface area contributed by atoms with Crippen LogP contribution in [-0.4, -0.2) is 28.4 Å². The van der Waals surface area contributed by atoms with Gasteiger partial charge in [0.2, 0.25) is 0 Å². The molecule has 1 N–H and O–H groups in total. The van der Waals surface area contributed by atoms with Crippen molar-refractivity contribution < 1.29 is 14.7 Å². The van der Waals surface area contributed by atoms with E-state index in [2.05, 4.69) is 6.07 Å². The van der Waals surface area contributed by atoms with Gasteiger partial charge in [-0.05, 0) is 30.2 Å². The van der Waals surface area contributed by atoms with Crippen LogP contribution in [0.5, 0.6) is 0 Å². The SMILES string of the molecule is CCCCN1C(=O)c2ccccc2C(C(=O)O)C1c1ccc(C#N)s1. The van der Waals surface area contributed by atoms with E-state index in [0.29, 0.717) is 22.5 Å². The molecule has 0 aliphatic carbocycles. The van der Waals surface area contributed by atoms with E-state index in [9.17, 15) is 14.7 Å². The van der Waals surface area contributed by atoms with Gasteiger partial charge in [-0.15, -0.1) is 11.3 Å². The first-order valence-electron chi connectivity index (χ1n) is 8.21. The molecule has 2 unspecified atom stereocenters. The summed E-state index contributed by atoms with van der Waals surface area (Å²) in [6.45, 7) is 2.53. The zero-order valence-corrected chi connectivity index (χ0v) is 14.6. The van der Waals surface area contributed by atoms with E-state index in [1.54, 1.807) is 41.3 Å². The van der Waals surface area contributed by atoms with Gasteiger partial charge in [-0.25, -0.2) is 0 Å². The van der Waals surface area contributed by atoms with Gasteiger partial charge >= 0.3 is 5.97 Å². The molecule has 1 aromatic heterocycles. The molecule has 1 aliphatic rings. The molecule has 2 atom stereocenters. The molecule has 0 fully saturated rings. The predicted molar refractivity (Wildman–Crippen MR) is 94.5 cm³/mol. The van der Waals surface area contributed by atoms with Crippen molar-refractivity contribution in [2.24, 2.45) is 0 Å². The maximum atomic E-state index is 13.0. The van der Waals surface area contributed by atoms with E-state index in [4.69, 9.17) is 5.26 Å². The second-order valence-corrected chi connectivity index (χ2v) is 7.13. The zero-order chi connectivity index (χ0) is 18.0. The minimum Gasteiger partial charge on any atom is -0.481 e. The highest BCUT2D eigenvalue weighted by molar-refractivity contribution is 7.12. The summed E-state index contributed by atoms with van der Waals surface area (Å²) >= 11 is 1.26. The Bertz CT molecular complexity index is 852. The number of carboxylic acid groups (broad SMARTS) is 1. The Balaban J connectivity index is 2.16. The highest BCUT2D eigenvalue weighted by atomic mass is 32.1. The maximum absolute atomic E-state index is 13.0. The van der Waals surface area contributed by atoms with Gasteiger partial charge in [0, 0.05) is 17.0 Å². The van der Waals surface area contributed by atoms with Crippen LogP contribution in [-0.2, 0) is 4.79 Å². The Hall–Kier alpha value is -2.65. The number of hydrogen-bond acceptors (Lipinski definition) is 4. The Morgan fingerprint density at radius 2 is 2.08 bits per heavy atom. The second kappa shape index (κ2) is 7.08. The van der Waals surface area contributed by atoms with Crippen molar-refractivity contribution >= 4 is 23.2 Å². The standard InChI is InChI=1S/C19H18N2O3S/c1-2-3-10-21-17(15-9-8-12(11-20)25-15)16(19(23)24)13-6-4-5-7-14(13)18(21)22/h4-9,16-17H,2-3,10H2,1H3,(H,23,24). The molecule has 0 spiro atoms. The van der Waals surface area contributed by atoms with Crippen molar-refractivity contribution in [2.45, 2.75) is 31.7 Å². The smallest absolute Gasteiger partial charge is 0.313 e. The number of nitrogens with zero attached hydrogens (tertiary/aromatic N) is 2. The fourth-order valence-electron chi connectivity index (χ4n) is 3.32. The number of hydrogen-bond donors (Lipinski definition) is 1. The average Bonchev–Trinajstić information content (AvgIpc) is 3.09. The Morgan fingerprint density at radius 1 is 1.32 bits per heavy atom. The van der Waals surface area contributed by atoms with Crippen LogP contribution in [0.1, 0.15) is 57.4 Å². The third-order valence-corrected chi connectivity index (χ3v) is 5.55. The van der Waals surface area contributed by atoms with E-state index in [1.807, 2.05) is 6.92 Å². The molecule has 3 rings (SSSR count). The molecule has 128 valence electrons. The van der Waals surface area contributed by atoms with Crippen LogP contribution in [0.2, 0.25) is 0 Å². The number of aliphatic carboxylic acids is 1. The first kappa shape index (κ1) is 17.2. The summed E-state index contributed by atoms with van der Waals surface area (Å²) < 4.78 is 0. The van der Waals surface area contributed by atoms with Gasteiger partial charge in [0.15, 0.2) is 0 Å². The summed E-state index contributed by atoms with van der Waals surface area (Å²) in [6.07, 6.45) is 1.71. The number of amides is 1. The number of unbranched alkanes of at least 4 members (excludes halogenated alkanes) is 1. The first-order chi connectivity index (χ1) is 12.1. The van der Waals surface area contributed by atoms with Gasteiger partial charge in [-0.3, -0.25) is 9.59 Å². The van der Waals surface area contributed by atoms with E-state index in [-0.39, 0.29) is 5.91 Å². The number of carbonyl (C=O) groups is 2. The molecule has 6 heteroatoms. The number of carbonyl (C=O) groups excluding carboxylic acids is 1. The van der Waals surface area contributed by atoms with Crippen molar-refractivity contribution in [1.82, 2.24) is 4.90 Å². The third kappa shape index (κ3) is 3.03. The summed E-state index contributed by atoms with van der Waals surface area (Å²) in [5.41, 5.74) is 1.00. The minimum atomic E-state index is -0.960. The summed E-state index contributed by atoms with van der Waals surface area (Å²) in [5, 5.41) is 19.0. The lowest BCUT2D eigenvalue weighted by atomic mass is 9.82. The molecular weight excluding hydrogens is 336 g/mol. The zero-order valence-electron chi connectivity index (χ0n) is 13.8. The summed E-state index contributed by atoms with van der Waals surface area (Å²) in [6, 6.07) is 11.9. The predicted octanol–water partition coefficient (Wildman–Crippen LogP) is 3.79. The highest BCUT2D eigenvalue weighted by Crippen LogP contribution is 2.44. The molecule has 0 bridgehead atoms. The number of carboxylic acids is 1. The van der Waals surface area contributed by atoms with E-state index >= 15 is 0 Å². The fraction of sp³-hybridized carbons (Fsp3) is 0.316. The van der Waals surface area contributed by atoms with Gasteiger partial charge in [0.1, 0.15) is 16.9 Å². The topological polar surface area (TPSA) is 81.4 Å². The Morgan fingerprint density at radius 3 is 2.72 bits per heavy atom. The molecule has 0 saturated carbocycles. The normalized spacial score (nSPS) is 19.4. The van der Waals surface area contributed by atoms with Crippen LogP contribution in [0, 0.1) is 11.3 Å². The molecule has 0 saturated heterocycles. The Kier molecular flexibility index (Phi) is 4.86. The highest BCUT2D eigenvalue weighted by Gasteiger charge is 2.44. The molecule has 0 radical (unpaired) electrons. The number of rotatable bonds is 5. The number of benzene rings is 1. The quantitative estimate of drug-likeness (QED) is 0.886. The van der Waals surface area contributed by atoms with E-state index < -0.39 is 17.9 Å². The molecular formula is C19H18N2O3S. The minimum absolute atomic E-state index is 0.140. The maximum Gasteiger partial charge on any atom is 0.313 e. The Labute approximate surface area is 150 Å². The lowest BCUT2D eigenvalue weighted by molar-refractivity contribution is -0.140. The van der Waals surface area contributed by atoms with Crippen molar-refractivity contribution in [3.05, 3.63) is 57.3 Å². The van der Waals surface area contributed by atoms with Crippen molar-refractivity contribution in [2.75, 3.05) is 6.54 Å². The molecule has 1 aromatic carbocycles. The third-order valence-electron chi connectivity index (χ3n) is 4.49. The van der Waals surface area contributed by atoms with Gasteiger partial charge < -0.3 is 10.0 Å². The summed E-state index contributed by atoms with van der Waals surface area (Å²) in [4.78, 5) is 28.0. The van der Waals surface area contributed by atoms with Crippen LogP contribution >= 0.6 is 11.3 Å². The molecule has 1 amide bonds. The van der Waals surface area contributed by atoms with E-state index in [0.717, 1.165) is 17.7 Å². The van der Waals surface area contributed by atoms with Crippen molar-refractivity contribution in [3.8, 4) is 6.07 Å². The molecule has 25 heavy (non-hydrogen) atoms. The lowest BCUT2D eigenvalue weighted by Gasteiger charge is -2.40. The largest absolute Gasteiger partial charge is 0.481 e.